The molecule has 0 aliphatic heterocycles. The number of amides is 1. The second-order valence-corrected chi connectivity index (χ2v) is 5.71. The molecule has 96 valence electrons. The minimum absolute atomic E-state index is 0.131. The summed E-state index contributed by atoms with van der Waals surface area (Å²) in [5.74, 6) is -0.471. The first kappa shape index (κ1) is 14.7. The summed E-state index contributed by atoms with van der Waals surface area (Å²) in [6, 6.07) is 6.80. The molecule has 0 radical (unpaired) electrons. The molecule has 0 saturated heterocycles. The summed E-state index contributed by atoms with van der Waals surface area (Å²) in [6.07, 6.45) is 0.240. The number of hydrogen-bond acceptors (Lipinski definition) is 4. The lowest BCUT2D eigenvalue weighted by atomic mass is 10.3. The summed E-state index contributed by atoms with van der Waals surface area (Å²) in [5, 5.41) is 10.8. The van der Waals surface area contributed by atoms with Gasteiger partial charge in [-0.25, -0.2) is 0 Å². The number of nitrogen functional groups attached to an aromatic ring is 1. The highest BCUT2D eigenvalue weighted by molar-refractivity contribution is 9.10. The van der Waals surface area contributed by atoms with Crippen molar-refractivity contribution in [2.75, 3.05) is 18.0 Å². The van der Waals surface area contributed by atoms with Gasteiger partial charge in [0.05, 0.1) is 28.2 Å². The number of nitrogens with one attached hydrogen (secondary N) is 1. The van der Waals surface area contributed by atoms with Crippen LogP contribution in [0.3, 0.4) is 0 Å². The lowest BCUT2D eigenvalue weighted by Crippen LogP contribution is -2.29. The van der Waals surface area contributed by atoms with Crippen LogP contribution in [-0.4, -0.2) is 22.4 Å². The normalized spacial score (nSPS) is 11.6. The molecule has 7 heteroatoms. The minimum Gasteiger partial charge on any atom is -0.399 e. The van der Waals surface area contributed by atoms with Crippen molar-refractivity contribution in [3.05, 3.63) is 22.7 Å². The summed E-state index contributed by atoms with van der Waals surface area (Å²) in [4.78, 5) is 12.0. The van der Waals surface area contributed by atoms with Gasteiger partial charge < -0.3 is 11.1 Å². The molecule has 1 atom stereocenters. The quantitative estimate of drug-likeness (QED) is 0.626. The molecule has 0 heterocycles. The SMILES string of the molecule is N#CCCNC(=O)CS(=O)c1ccc(N)cc1Br. The lowest BCUT2D eigenvalue weighted by molar-refractivity contribution is -0.118. The molecular formula is C11H12BrN3O2S. The molecule has 5 nitrogen and oxygen atoms in total. The summed E-state index contributed by atoms with van der Waals surface area (Å²) in [6.45, 7) is 0.273. The molecule has 0 saturated carbocycles. The van der Waals surface area contributed by atoms with Gasteiger partial charge in [0.1, 0.15) is 5.75 Å². The van der Waals surface area contributed by atoms with Gasteiger partial charge in [-0.2, -0.15) is 5.26 Å². The number of rotatable bonds is 5. The number of nitrogens with two attached hydrogens (primary N) is 1. The third-order valence-corrected chi connectivity index (χ3v) is 4.31. The van der Waals surface area contributed by atoms with Crippen molar-refractivity contribution < 1.29 is 9.00 Å². The highest BCUT2D eigenvalue weighted by atomic mass is 79.9. The van der Waals surface area contributed by atoms with Gasteiger partial charge >= 0.3 is 0 Å². The highest BCUT2D eigenvalue weighted by Gasteiger charge is 2.12. The van der Waals surface area contributed by atoms with Crippen LogP contribution in [-0.2, 0) is 15.6 Å². The van der Waals surface area contributed by atoms with E-state index in [2.05, 4.69) is 21.2 Å². The van der Waals surface area contributed by atoms with E-state index in [1.165, 1.54) is 0 Å². The van der Waals surface area contributed by atoms with Crippen molar-refractivity contribution in [1.29, 1.82) is 5.26 Å². The van der Waals surface area contributed by atoms with Gasteiger partial charge in [-0.1, -0.05) is 0 Å². The molecule has 1 rings (SSSR count). The molecule has 18 heavy (non-hydrogen) atoms. The fourth-order valence-electron chi connectivity index (χ4n) is 1.21. The number of carbonyl (C=O) groups excluding carboxylic acids is 1. The molecule has 0 spiro atoms. The lowest BCUT2D eigenvalue weighted by Gasteiger charge is -2.06. The predicted octanol–water partition coefficient (Wildman–Crippen LogP) is 1.17. The molecule has 1 aromatic rings. The van der Waals surface area contributed by atoms with Gasteiger partial charge in [0, 0.05) is 16.7 Å². The first-order valence-electron chi connectivity index (χ1n) is 5.11. The number of nitrogens with zero attached hydrogens (tertiary/aromatic N) is 1. The minimum atomic E-state index is -1.44. The van der Waals surface area contributed by atoms with E-state index in [1.807, 2.05) is 6.07 Å². The van der Waals surface area contributed by atoms with Crippen molar-refractivity contribution in [2.24, 2.45) is 0 Å². The number of nitriles is 1. The fraction of sp³-hybridized carbons (Fsp3) is 0.273. The molecule has 3 N–H and O–H groups in total. The van der Waals surface area contributed by atoms with Gasteiger partial charge in [0.25, 0.3) is 0 Å². The average Bonchev–Trinajstić information content (AvgIpc) is 2.28. The molecule has 0 aliphatic carbocycles. The third kappa shape index (κ3) is 4.47. The van der Waals surface area contributed by atoms with Crippen LogP contribution in [0.15, 0.2) is 27.6 Å². The molecule has 0 aliphatic rings. The van der Waals surface area contributed by atoms with E-state index in [0.29, 0.717) is 15.1 Å². The molecular weight excluding hydrogens is 318 g/mol. The summed E-state index contributed by atoms with van der Waals surface area (Å²) in [7, 11) is -1.44. The van der Waals surface area contributed by atoms with E-state index >= 15 is 0 Å². The topological polar surface area (TPSA) is 96.0 Å². The van der Waals surface area contributed by atoms with Crippen molar-refractivity contribution in [1.82, 2.24) is 5.32 Å². The number of hydrogen-bond donors (Lipinski definition) is 2. The van der Waals surface area contributed by atoms with Gasteiger partial charge in [-0.15, -0.1) is 0 Å². The zero-order valence-electron chi connectivity index (χ0n) is 9.48. The predicted molar refractivity (Wildman–Crippen MR) is 73.1 cm³/mol. The second kappa shape index (κ2) is 7.13. The molecule has 1 aromatic carbocycles. The number of halogens is 1. The molecule has 0 bridgehead atoms. The fourth-order valence-corrected chi connectivity index (χ4v) is 3.14. The standard InChI is InChI=1S/C11H12BrN3O2S/c12-9-6-8(14)2-3-10(9)18(17)7-11(16)15-5-1-4-13/h2-3,6H,1,5,7,14H2,(H,15,16). The number of carbonyl (C=O) groups is 1. The van der Waals surface area contributed by atoms with Crippen LogP contribution >= 0.6 is 15.9 Å². The van der Waals surface area contributed by atoms with E-state index in [4.69, 9.17) is 11.0 Å². The maximum atomic E-state index is 11.9. The Kier molecular flexibility index (Phi) is 5.82. The first-order valence-corrected chi connectivity index (χ1v) is 7.23. The van der Waals surface area contributed by atoms with Crippen LogP contribution in [0.5, 0.6) is 0 Å². The monoisotopic (exact) mass is 329 g/mol. The third-order valence-electron chi connectivity index (χ3n) is 2.02. The largest absolute Gasteiger partial charge is 0.399 e. The van der Waals surface area contributed by atoms with E-state index < -0.39 is 10.8 Å². The van der Waals surface area contributed by atoms with Gasteiger partial charge in [-0.3, -0.25) is 9.00 Å². The Balaban J connectivity index is 2.60. The Bertz CT molecular complexity index is 514. The van der Waals surface area contributed by atoms with Gasteiger partial charge in [0.2, 0.25) is 5.91 Å². The molecule has 1 amide bonds. The number of benzene rings is 1. The van der Waals surface area contributed by atoms with E-state index in [9.17, 15) is 9.00 Å². The number of anilines is 1. The maximum Gasteiger partial charge on any atom is 0.233 e. The summed E-state index contributed by atoms with van der Waals surface area (Å²) in [5.41, 5.74) is 6.13. The Labute approximate surface area is 116 Å². The second-order valence-electron chi connectivity index (χ2n) is 3.44. The van der Waals surface area contributed by atoms with Crippen LogP contribution in [0, 0.1) is 11.3 Å². The van der Waals surface area contributed by atoms with Crippen LogP contribution in [0.4, 0.5) is 5.69 Å². The Hall–Kier alpha value is -1.39. The van der Waals surface area contributed by atoms with E-state index in [0.717, 1.165) is 0 Å². The van der Waals surface area contributed by atoms with E-state index in [-0.39, 0.29) is 24.6 Å². The smallest absolute Gasteiger partial charge is 0.233 e. The van der Waals surface area contributed by atoms with Gasteiger partial charge in [-0.05, 0) is 34.1 Å². The van der Waals surface area contributed by atoms with Crippen molar-refractivity contribution >= 4 is 38.3 Å². The van der Waals surface area contributed by atoms with Crippen LogP contribution in [0.2, 0.25) is 0 Å². The molecule has 0 fully saturated rings. The van der Waals surface area contributed by atoms with Crippen LogP contribution in [0.25, 0.3) is 0 Å². The van der Waals surface area contributed by atoms with Crippen molar-refractivity contribution in [2.45, 2.75) is 11.3 Å². The zero-order chi connectivity index (χ0) is 13.5. The molecule has 0 aromatic heterocycles. The first-order chi connectivity index (χ1) is 8.54. The molecule has 1 unspecified atom stereocenters. The Morgan fingerprint density at radius 3 is 2.89 bits per heavy atom. The van der Waals surface area contributed by atoms with Crippen LogP contribution in [0.1, 0.15) is 6.42 Å². The zero-order valence-corrected chi connectivity index (χ0v) is 11.9. The van der Waals surface area contributed by atoms with Crippen molar-refractivity contribution in [3.63, 3.8) is 0 Å². The Morgan fingerprint density at radius 1 is 1.56 bits per heavy atom. The maximum absolute atomic E-state index is 11.9. The van der Waals surface area contributed by atoms with Crippen molar-refractivity contribution in [3.8, 4) is 6.07 Å². The van der Waals surface area contributed by atoms with E-state index in [1.54, 1.807) is 18.2 Å². The van der Waals surface area contributed by atoms with Crippen LogP contribution < -0.4 is 11.1 Å². The summed E-state index contributed by atoms with van der Waals surface area (Å²) < 4.78 is 12.6. The van der Waals surface area contributed by atoms with Gasteiger partial charge in [0.15, 0.2) is 0 Å². The Morgan fingerprint density at radius 2 is 2.28 bits per heavy atom. The summed E-state index contributed by atoms with van der Waals surface area (Å²) >= 11 is 3.25. The highest BCUT2D eigenvalue weighted by Crippen LogP contribution is 2.23. The average molecular weight is 330 g/mol.